The highest BCUT2D eigenvalue weighted by atomic mass is 16.3. The Morgan fingerprint density at radius 2 is 2.17 bits per heavy atom. The summed E-state index contributed by atoms with van der Waals surface area (Å²) in [5.41, 5.74) is 8.72. The van der Waals surface area contributed by atoms with Crippen LogP contribution in [0.25, 0.3) is 11.3 Å². The number of nitrogens with two attached hydrogens (primary N) is 1. The van der Waals surface area contributed by atoms with Crippen molar-refractivity contribution in [1.29, 1.82) is 0 Å². The summed E-state index contributed by atoms with van der Waals surface area (Å²) in [5, 5.41) is 10.0. The molecule has 1 aromatic carbocycles. The van der Waals surface area contributed by atoms with E-state index in [1.165, 1.54) is 0 Å². The van der Waals surface area contributed by atoms with E-state index < -0.39 is 6.10 Å². The van der Waals surface area contributed by atoms with Crippen LogP contribution in [0, 0.1) is 0 Å². The Balaban J connectivity index is 1.70. The molecule has 2 heterocycles. The third kappa shape index (κ3) is 3.99. The number of hydrogen-bond donors (Lipinski definition) is 2. The molecule has 2 atom stereocenters. The average Bonchev–Trinajstić information content (AvgIpc) is 2.77. The highest BCUT2D eigenvalue weighted by molar-refractivity contribution is 5.79. The maximum atomic E-state index is 12.6. The van der Waals surface area contributed by atoms with Crippen molar-refractivity contribution < 1.29 is 9.90 Å². The van der Waals surface area contributed by atoms with Gasteiger partial charge in [-0.25, -0.2) is 0 Å². The normalized spacial score (nSPS) is 21.3. The molecular formula is C19H23N3O2. The monoisotopic (exact) mass is 325 g/mol. The first-order valence-electron chi connectivity index (χ1n) is 8.35. The number of pyridine rings is 1. The first-order chi connectivity index (χ1) is 11.6. The number of carbonyl (C=O) groups is 1. The van der Waals surface area contributed by atoms with Crippen LogP contribution in [0.4, 0.5) is 0 Å². The molecule has 0 radical (unpaired) electrons. The van der Waals surface area contributed by atoms with E-state index in [-0.39, 0.29) is 11.9 Å². The smallest absolute Gasteiger partial charge is 0.227 e. The molecule has 1 aliphatic heterocycles. The van der Waals surface area contributed by atoms with Gasteiger partial charge in [-0.2, -0.15) is 0 Å². The molecular weight excluding hydrogens is 302 g/mol. The number of hydrogen-bond acceptors (Lipinski definition) is 4. The number of likely N-dealkylation sites (tertiary alicyclic amines) is 1. The van der Waals surface area contributed by atoms with Crippen LogP contribution in [0.15, 0.2) is 48.7 Å². The van der Waals surface area contributed by atoms with E-state index in [1.807, 2.05) is 42.5 Å². The molecule has 1 aliphatic rings. The summed E-state index contributed by atoms with van der Waals surface area (Å²) in [6.45, 7) is 0.976. The summed E-state index contributed by atoms with van der Waals surface area (Å²) in [6, 6.07) is 13.4. The lowest BCUT2D eigenvalue weighted by Crippen LogP contribution is -2.43. The van der Waals surface area contributed by atoms with Crippen molar-refractivity contribution in [3.63, 3.8) is 0 Å². The standard InChI is InChI=1S/C19H23N3O2/c20-16-7-4-10-22(13-18(16)23)19(24)12-14-5-3-6-15(11-14)17-8-1-2-9-21-17/h1-3,5-6,8-9,11,16,18,23H,4,7,10,12-13,20H2. The third-order valence-electron chi connectivity index (χ3n) is 4.46. The molecule has 1 fully saturated rings. The Hall–Kier alpha value is -2.24. The lowest BCUT2D eigenvalue weighted by Gasteiger charge is -2.23. The molecule has 126 valence electrons. The van der Waals surface area contributed by atoms with Crippen LogP contribution in [0.3, 0.4) is 0 Å². The molecule has 1 amide bonds. The molecule has 1 aromatic heterocycles. The molecule has 3 N–H and O–H groups in total. The fourth-order valence-corrected chi connectivity index (χ4v) is 3.05. The van der Waals surface area contributed by atoms with Gasteiger partial charge in [0.15, 0.2) is 0 Å². The van der Waals surface area contributed by atoms with Crippen molar-refractivity contribution in [2.45, 2.75) is 31.4 Å². The second-order valence-electron chi connectivity index (χ2n) is 6.31. The van der Waals surface area contributed by atoms with Crippen molar-refractivity contribution >= 4 is 5.91 Å². The van der Waals surface area contributed by atoms with Gasteiger partial charge in [-0.1, -0.05) is 24.3 Å². The Morgan fingerprint density at radius 1 is 1.29 bits per heavy atom. The number of aliphatic hydroxyl groups excluding tert-OH is 1. The van der Waals surface area contributed by atoms with Gasteiger partial charge in [0.25, 0.3) is 0 Å². The van der Waals surface area contributed by atoms with Gasteiger partial charge in [-0.15, -0.1) is 0 Å². The Bertz CT molecular complexity index is 690. The van der Waals surface area contributed by atoms with Crippen molar-refractivity contribution in [2.24, 2.45) is 5.73 Å². The second kappa shape index (κ2) is 7.55. The van der Waals surface area contributed by atoms with Crippen LogP contribution in [0.5, 0.6) is 0 Å². The molecule has 5 nitrogen and oxygen atoms in total. The Labute approximate surface area is 142 Å². The number of carbonyl (C=O) groups excluding carboxylic acids is 1. The van der Waals surface area contributed by atoms with Gasteiger partial charge in [-0.05, 0) is 36.6 Å². The molecule has 0 aliphatic carbocycles. The Morgan fingerprint density at radius 3 is 2.96 bits per heavy atom. The van der Waals surface area contributed by atoms with Crippen LogP contribution in [0.2, 0.25) is 0 Å². The van der Waals surface area contributed by atoms with Crippen LogP contribution in [-0.2, 0) is 11.2 Å². The Kier molecular flexibility index (Phi) is 5.23. The molecule has 0 saturated carbocycles. The topological polar surface area (TPSA) is 79.5 Å². The van der Waals surface area contributed by atoms with Gasteiger partial charge in [0.05, 0.1) is 18.2 Å². The van der Waals surface area contributed by atoms with E-state index in [0.29, 0.717) is 19.5 Å². The van der Waals surface area contributed by atoms with E-state index in [1.54, 1.807) is 11.1 Å². The molecule has 5 heteroatoms. The summed E-state index contributed by atoms with van der Waals surface area (Å²) >= 11 is 0. The number of aliphatic hydroxyl groups is 1. The van der Waals surface area contributed by atoms with Crippen molar-refractivity contribution in [3.8, 4) is 11.3 Å². The number of rotatable bonds is 3. The SMILES string of the molecule is NC1CCCN(C(=O)Cc2cccc(-c3ccccn3)c2)CC1O. The average molecular weight is 325 g/mol. The zero-order valence-electron chi connectivity index (χ0n) is 13.6. The number of β-amino-alcohol motifs (C(OH)–C–C–N with tert-alkyl or cyclic N) is 1. The van der Waals surface area contributed by atoms with Crippen LogP contribution in [0.1, 0.15) is 18.4 Å². The fourth-order valence-electron chi connectivity index (χ4n) is 3.05. The summed E-state index contributed by atoms with van der Waals surface area (Å²) in [5.74, 6) is 0.0290. The summed E-state index contributed by atoms with van der Waals surface area (Å²) in [6.07, 6.45) is 3.02. The first kappa shape index (κ1) is 16.6. The number of benzene rings is 1. The molecule has 0 bridgehead atoms. The van der Waals surface area contributed by atoms with Gasteiger partial charge in [-0.3, -0.25) is 9.78 Å². The lowest BCUT2D eigenvalue weighted by atomic mass is 10.0. The van der Waals surface area contributed by atoms with E-state index >= 15 is 0 Å². The van der Waals surface area contributed by atoms with E-state index in [2.05, 4.69) is 4.98 Å². The van der Waals surface area contributed by atoms with Gasteiger partial charge >= 0.3 is 0 Å². The van der Waals surface area contributed by atoms with Gasteiger partial charge < -0.3 is 15.7 Å². The highest BCUT2D eigenvalue weighted by Crippen LogP contribution is 2.19. The van der Waals surface area contributed by atoms with Crippen LogP contribution >= 0.6 is 0 Å². The van der Waals surface area contributed by atoms with Crippen molar-refractivity contribution in [2.75, 3.05) is 13.1 Å². The molecule has 24 heavy (non-hydrogen) atoms. The predicted molar refractivity (Wildman–Crippen MR) is 93.2 cm³/mol. The number of amides is 1. The van der Waals surface area contributed by atoms with Gasteiger partial charge in [0.1, 0.15) is 0 Å². The summed E-state index contributed by atoms with van der Waals surface area (Å²) < 4.78 is 0. The third-order valence-corrected chi connectivity index (χ3v) is 4.46. The minimum atomic E-state index is -0.642. The maximum Gasteiger partial charge on any atom is 0.227 e. The highest BCUT2D eigenvalue weighted by Gasteiger charge is 2.25. The fraction of sp³-hybridized carbons (Fsp3) is 0.368. The predicted octanol–water partition coefficient (Wildman–Crippen LogP) is 1.60. The first-order valence-corrected chi connectivity index (χ1v) is 8.35. The zero-order chi connectivity index (χ0) is 16.9. The van der Waals surface area contributed by atoms with Crippen molar-refractivity contribution in [3.05, 3.63) is 54.2 Å². The minimum absolute atomic E-state index is 0.0290. The molecule has 1 saturated heterocycles. The summed E-state index contributed by atoms with van der Waals surface area (Å²) in [7, 11) is 0. The molecule has 2 aromatic rings. The lowest BCUT2D eigenvalue weighted by molar-refractivity contribution is -0.131. The van der Waals surface area contributed by atoms with Crippen LogP contribution < -0.4 is 5.73 Å². The minimum Gasteiger partial charge on any atom is -0.390 e. The molecule has 0 spiro atoms. The quantitative estimate of drug-likeness (QED) is 0.898. The van der Waals surface area contributed by atoms with Gasteiger partial charge in [0, 0.05) is 30.9 Å². The maximum absolute atomic E-state index is 12.6. The van der Waals surface area contributed by atoms with E-state index in [9.17, 15) is 9.90 Å². The number of nitrogens with zero attached hydrogens (tertiary/aromatic N) is 2. The molecule has 2 unspecified atom stereocenters. The second-order valence-corrected chi connectivity index (χ2v) is 6.31. The zero-order valence-corrected chi connectivity index (χ0v) is 13.6. The molecule has 3 rings (SSSR count). The van der Waals surface area contributed by atoms with E-state index in [0.717, 1.165) is 29.7 Å². The largest absolute Gasteiger partial charge is 0.390 e. The van der Waals surface area contributed by atoms with Crippen molar-refractivity contribution in [1.82, 2.24) is 9.88 Å². The van der Waals surface area contributed by atoms with Crippen LogP contribution in [-0.4, -0.2) is 46.1 Å². The summed E-state index contributed by atoms with van der Waals surface area (Å²) in [4.78, 5) is 18.7. The number of aromatic nitrogens is 1. The van der Waals surface area contributed by atoms with E-state index in [4.69, 9.17) is 5.73 Å². The van der Waals surface area contributed by atoms with Gasteiger partial charge in [0.2, 0.25) is 5.91 Å².